The maximum atomic E-state index is 13.3. The number of likely N-dealkylation sites (N-methyl/N-ethyl adjacent to an activating group) is 1. The van der Waals surface area contributed by atoms with Crippen LogP contribution in [0.5, 0.6) is 0 Å². The lowest BCUT2D eigenvalue weighted by atomic mass is 10.0. The molecule has 11 nitrogen and oxygen atoms in total. The molecule has 2 amide bonds. The number of ether oxygens (including phenoxy) is 1. The lowest BCUT2D eigenvalue weighted by Gasteiger charge is -2.27. The van der Waals surface area contributed by atoms with Crippen molar-refractivity contribution in [2.75, 3.05) is 29.5 Å². The largest absolute Gasteiger partial charge is 0.465 e. The second-order valence-corrected chi connectivity index (χ2v) is 9.43. The number of imide groups is 1. The van der Waals surface area contributed by atoms with Gasteiger partial charge < -0.3 is 9.64 Å². The van der Waals surface area contributed by atoms with Crippen LogP contribution < -0.4 is 14.9 Å². The Labute approximate surface area is 214 Å². The van der Waals surface area contributed by atoms with Crippen molar-refractivity contribution in [3.8, 4) is 0 Å². The molecule has 0 atom stereocenters. The first-order chi connectivity index (χ1) is 17.5. The van der Waals surface area contributed by atoms with Crippen LogP contribution in [0, 0.1) is 6.57 Å². The zero-order valence-electron chi connectivity index (χ0n) is 20.5. The van der Waals surface area contributed by atoms with E-state index in [1.807, 2.05) is 11.8 Å². The van der Waals surface area contributed by atoms with Crippen molar-refractivity contribution >= 4 is 50.6 Å². The highest BCUT2D eigenvalue weighted by Gasteiger charge is 2.38. The van der Waals surface area contributed by atoms with E-state index < -0.39 is 21.8 Å². The molecule has 1 heterocycles. The number of rotatable bonds is 8. The van der Waals surface area contributed by atoms with Crippen molar-refractivity contribution in [3.05, 3.63) is 71.2 Å². The summed E-state index contributed by atoms with van der Waals surface area (Å²) < 4.78 is 28.1. The zero-order chi connectivity index (χ0) is 27.3. The topological polar surface area (TPSA) is 144 Å². The minimum absolute atomic E-state index is 0.0663. The fourth-order valence-electron chi connectivity index (χ4n) is 3.63. The molecule has 2 aromatic carbocycles. The molecule has 0 radical (unpaired) electrons. The van der Waals surface area contributed by atoms with Crippen molar-refractivity contribution in [1.82, 2.24) is 0 Å². The van der Waals surface area contributed by atoms with E-state index >= 15 is 0 Å². The number of benzene rings is 2. The van der Waals surface area contributed by atoms with Gasteiger partial charge in [-0.25, -0.2) is 23.4 Å². The summed E-state index contributed by atoms with van der Waals surface area (Å²) >= 11 is 0. The molecule has 2 N–H and O–H groups in total. The third kappa shape index (κ3) is 5.91. The van der Waals surface area contributed by atoms with E-state index in [-0.39, 0.29) is 46.7 Å². The predicted molar refractivity (Wildman–Crippen MR) is 138 cm³/mol. The van der Waals surface area contributed by atoms with Gasteiger partial charge in [0, 0.05) is 12.2 Å². The molecule has 37 heavy (non-hydrogen) atoms. The summed E-state index contributed by atoms with van der Waals surface area (Å²) in [4.78, 5) is 48.2. The SMILES string of the molecule is [C-]#[N+]C1=C(C)C(=Nc2ccc(N(CC)CC(=O)OCC)cc2)C(=O)N(c2ccc(S(N)(=O)=O)cc2)C1=O. The number of amides is 2. The lowest BCUT2D eigenvalue weighted by molar-refractivity contribution is -0.141. The van der Waals surface area contributed by atoms with E-state index in [1.165, 1.54) is 31.2 Å². The van der Waals surface area contributed by atoms with E-state index in [4.69, 9.17) is 16.4 Å². The smallest absolute Gasteiger partial charge is 0.325 e. The molecular formula is C25H25N5O6S. The maximum absolute atomic E-state index is 13.3. The van der Waals surface area contributed by atoms with Gasteiger partial charge in [0.25, 0.3) is 17.5 Å². The molecule has 0 unspecified atom stereocenters. The number of nitrogens with zero attached hydrogens (tertiary/aromatic N) is 4. The average molecular weight is 524 g/mol. The van der Waals surface area contributed by atoms with Crippen LogP contribution in [0.2, 0.25) is 0 Å². The Morgan fingerprint density at radius 2 is 1.70 bits per heavy atom. The van der Waals surface area contributed by atoms with Crippen LogP contribution in [-0.2, 0) is 29.1 Å². The summed E-state index contributed by atoms with van der Waals surface area (Å²) in [5.41, 5.74) is 0.947. The fraction of sp³-hybridized carbons (Fsp3) is 0.240. The molecule has 0 aromatic heterocycles. The summed E-state index contributed by atoms with van der Waals surface area (Å²) in [5, 5.41) is 5.12. The first kappa shape index (κ1) is 27.3. The highest BCUT2D eigenvalue weighted by atomic mass is 32.2. The molecule has 3 rings (SSSR count). The third-order valence-electron chi connectivity index (χ3n) is 5.52. The number of nitrogens with two attached hydrogens (primary N) is 1. The Kier molecular flexibility index (Phi) is 8.21. The van der Waals surface area contributed by atoms with Gasteiger partial charge in [-0.15, -0.1) is 0 Å². The standard InChI is InChI=1S/C25H25N5O6S/c1-5-29(15-21(31)36-6-2)18-9-7-17(8-10-18)28-23-16(3)22(27-4)24(32)30(25(23)33)19-11-13-20(14-12-19)37(26,34)35/h7-14H,5-6,15H2,1-3H3,(H2,26,34,35). The normalized spacial score (nSPS) is 15.1. The minimum Gasteiger partial charge on any atom is -0.465 e. The van der Waals surface area contributed by atoms with Gasteiger partial charge in [-0.2, -0.15) is 0 Å². The number of hydrogen-bond donors (Lipinski definition) is 1. The molecule has 0 aliphatic carbocycles. The molecule has 0 fully saturated rings. The summed E-state index contributed by atoms with van der Waals surface area (Å²) in [6, 6.07) is 11.6. The Morgan fingerprint density at radius 1 is 1.08 bits per heavy atom. The van der Waals surface area contributed by atoms with Crippen molar-refractivity contribution in [3.63, 3.8) is 0 Å². The van der Waals surface area contributed by atoms with Crippen molar-refractivity contribution in [1.29, 1.82) is 0 Å². The summed E-state index contributed by atoms with van der Waals surface area (Å²) in [5.74, 6) is -1.96. The second kappa shape index (κ2) is 11.2. The molecule has 0 spiro atoms. The molecule has 12 heteroatoms. The maximum Gasteiger partial charge on any atom is 0.325 e. The molecule has 0 saturated carbocycles. The van der Waals surface area contributed by atoms with E-state index in [0.29, 0.717) is 12.2 Å². The van der Waals surface area contributed by atoms with Gasteiger partial charge in [0.05, 0.1) is 29.4 Å². The van der Waals surface area contributed by atoms with E-state index in [2.05, 4.69) is 9.84 Å². The number of sulfonamides is 1. The number of aliphatic imine (C=N–C) groups is 1. The summed E-state index contributed by atoms with van der Waals surface area (Å²) in [7, 11) is -3.97. The summed E-state index contributed by atoms with van der Waals surface area (Å²) in [6.07, 6.45) is 0. The first-order valence-electron chi connectivity index (χ1n) is 11.2. The second-order valence-electron chi connectivity index (χ2n) is 7.87. The molecular weight excluding hydrogens is 498 g/mol. The molecule has 1 aliphatic heterocycles. The quantitative estimate of drug-likeness (QED) is 0.318. The Bertz CT molecular complexity index is 1440. The van der Waals surface area contributed by atoms with Crippen LogP contribution >= 0.6 is 0 Å². The lowest BCUT2D eigenvalue weighted by Crippen LogP contribution is -2.46. The van der Waals surface area contributed by atoms with Crippen LogP contribution in [0.3, 0.4) is 0 Å². The first-order valence-corrected chi connectivity index (χ1v) is 12.8. The van der Waals surface area contributed by atoms with Crippen molar-refractivity contribution in [2.45, 2.75) is 25.7 Å². The summed E-state index contributed by atoms with van der Waals surface area (Å²) in [6.45, 7) is 13.5. The third-order valence-corrected chi connectivity index (χ3v) is 6.45. The number of primary sulfonamides is 1. The minimum atomic E-state index is -3.97. The Balaban J connectivity index is 1.97. The van der Waals surface area contributed by atoms with E-state index in [1.54, 1.807) is 31.2 Å². The number of carbonyl (C=O) groups excluding carboxylic acids is 3. The fourth-order valence-corrected chi connectivity index (χ4v) is 4.15. The van der Waals surface area contributed by atoms with E-state index in [9.17, 15) is 22.8 Å². The van der Waals surface area contributed by atoms with Gasteiger partial charge in [-0.1, -0.05) is 0 Å². The van der Waals surface area contributed by atoms with Crippen LogP contribution in [0.15, 0.2) is 69.7 Å². The van der Waals surface area contributed by atoms with Crippen LogP contribution in [-0.4, -0.2) is 51.6 Å². The van der Waals surface area contributed by atoms with Gasteiger partial charge in [0.1, 0.15) is 12.3 Å². The number of carbonyl (C=O) groups is 3. The molecule has 1 aliphatic rings. The van der Waals surface area contributed by atoms with Gasteiger partial charge in [0.15, 0.2) is 0 Å². The monoisotopic (exact) mass is 523 g/mol. The van der Waals surface area contributed by atoms with Crippen molar-refractivity contribution in [2.24, 2.45) is 10.1 Å². The molecule has 0 bridgehead atoms. The Hall–Kier alpha value is -4.34. The zero-order valence-corrected chi connectivity index (χ0v) is 21.3. The average Bonchev–Trinajstić information content (AvgIpc) is 2.86. The molecule has 0 saturated heterocycles. The molecule has 2 aromatic rings. The predicted octanol–water partition coefficient (Wildman–Crippen LogP) is 2.56. The molecule has 192 valence electrons. The van der Waals surface area contributed by atoms with Gasteiger partial charge in [-0.3, -0.25) is 19.3 Å². The van der Waals surface area contributed by atoms with Crippen LogP contribution in [0.25, 0.3) is 4.85 Å². The highest BCUT2D eigenvalue weighted by molar-refractivity contribution is 7.89. The van der Waals surface area contributed by atoms with Crippen molar-refractivity contribution < 1.29 is 27.5 Å². The van der Waals surface area contributed by atoms with Gasteiger partial charge in [-0.05, 0) is 74.9 Å². The van der Waals surface area contributed by atoms with Gasteiger partial charge >= 0.3 is 5.97 Å². The number of anilines is 2. The van der Waals surface area contributed by atoms with Gasteiger partial charge in [0.2, 0.25) is 10.0 Å². The van der Waals surface area contributed by atoms with Crippen LogP contribution in [0.4, 0.5) is 17.1 Å². The van der Waals surface area contributed by atoms with E-state index in [0.717, 1.165) is 10.6 Å². The van der Waals surface area contributed by atoms with Crippen LogP contribution in [0.1, 0.15) is 20.8 Å². The number of esters is 1. The highest BCUT2D eigenvalue weighted by Crippen LogP contribution is 2.29. The number of hydrogen-bond acceptors (Lipinski definition) is 8. The Morgan fingerprint density at radius 3 is 2.22 bits per heavy atom.